The number of para-hydroxylation sites is 2. The molecule has 0 unspecified atom stereocenters. The lowest BCUT2D eigenvalue weighted by molar-refractivity contribution is -0.00942. The maximum Gasteiger partial charge on any atom is 0.253 e. The van der Waals surface area contributed by atoms with Gasteiger partial charge in [0, 0.05) is 38.4 Å². The molecule has 5 rings (SSSR count). The highest BCUT2D eigenvalue weighted by Gasteiger charge is 2.45. The fourth-order valence-electron chi connectivity index (χ4n) is 5.10. The van der Waals surface area contributed by atoms with Gasteiger partial charge in [-0.2, -0.15) is 0 Å². The lowest BCUT2D eigenvalue weighted by atomic mass is 9.86. The molecule has 0 aliphatic carbocycles. The average molecular weight is 459 g/mol. The Balaban J connectivity index is 1.40. The normalized spacial score (nSPS) is 16.1. The molecule has 1 aromatic heterocycles. The van der Waals surface area contributed by atoms with E-state index in [1.165, 1.54) is 0 Å². The van der Waals surface area contributed by atoms with Crippen molar-refractivity contribution in [2.75, 3.05) is 13.1 Å². The third-order valence-electron chi connectivity index (χ3n) is 6.76. The number of hydrogen-bond acceptors (Lipinski definition) is 4. The number of nitrogens with zero attached hydrogens (tertiary/aromatic N) is 2. The van der Waals surface area contributed by atoms with Gasteiger partial charge in [0.2, 0.25) is 0 Å². The van der Waals surface area contributed by atoms with E-state index in [2.05, 4.69) is 0 Å². The molecule has 3 aromatic rings. The van der Waals surface area contributed by atoms with Crippen LogP contribution < -0.4 is 9.47 Å². The van der Waals surface area contributed by atoms with E-state index in [4.69, 9.17) is 9.47 Å². The predicted molar refractivity (Wildman–Crippen MR) is 130 cm³/mol. The number of amides is 1. The van der Waals surface area contributed by atoms with Gasteiger partial charge < -0.3 is 18.9 Å². The zero-order valence-corrected chi connectivity index (χ0v) is 20.1. The molecule has 2 aliphatic heterocycles. The van der Waals surface area contributed by atoms with E-state index >= 15 is 0 Å². The van der Waals surface area contributed by atoms with Crippen molar-refractivity contribution < 1.29 is 19.1 Å². The van der Waals surface area contributed by atoms with E-state index in [0.717, 1.165) is 28.4 Å². The quantitative estimate of drug-likeness (QED) is 0.498. The number of carbonyl (C=O) groups excluding carboxylic acids is 2. The van der Waals surface area contributed by atoms with Gasteiger partial charge in [0.15, 0.2) is 11.4 Å². The molecule has 1 saturated heterocycles. The number of ketones is 1. The Morgan fingerprint density at radius 1 is 1.03 bits per heavy atom. The number of benzene rings is 2. The molecule has 1 spiro atoms. The Kier molecular flexibility index (Phi) is 5.47. The Bertz CT molecular complexity index is 1270. The number of aryl methyl sites for hydroxylation is 1. The van der Waals surface area contributed by atoms with Gasteiger partial charge in [0.25, 0.3) is 5.91 Å². The van der Waals surface area contributed by atoms with Gasteiger partial charge in [0.1, 0.15) is 11.5 Å². The number of rotatable bonds is 4. The zero-order chi connectivity index (χ0) is 24.0. The van der Waals surface area contributed by atoms with Gasteiger partial charge in [-0.15, -0.1) is 0 Å². The zero-order valence-electron chi connectivity index (χ0n) is 20.1. The Morgan fingerprint density at radius 2 is 1.76 bits per heavy atom. The Hall–Kier alpha value is -3.54. The number of fused-ring (bicyclic) bond motifs is 4. The van der Waals surface area contributed by atoms with E-state index in [0.29, 0.717) is 37.2 Å². The molecule has 0 saturated carbocycles. The fourth-order valence-corrected chi connectivity index (χ4v) is 5.10. The highest BCUT2D eigenvalue weighted by atomic mass is 16.5. The molecule has 34 heavy (non-hydrogen) atoms. The third kappa shape index (κ3) is 3.67. The van der Waals surface area contributed by atoms with Gasteiger partial charge in [-0.3, -0.25) is 9.59 Å². The summed E-state index contributed by atoms with van der Waals surface area (Å²) in [6.07, 6.45) is 1.39. The Morgan fingerprint density at radius 3 is 2.44 bits per heavy atom. The van der Waals surface area contributed by atoms with Gasteiger partial charge in [0.05, 0.1) is 23.2 Å². The molecule has 0 atom stereocenters. The average Bonchev–Trinajstić information content (AvgIpc) is 3.27. The van der Waals surface area contributed by atoms with Crippen molar-refractivity contribution in [3.63, 3.8) is 0 Å². The molecule has 1 amide bonds. The summed E-state index contributed by atoms with van der Waals surface area (Å²) in [4.78, 5) is 27.5. The van der Waals surface area contributed by atoms with Crippen molar-refractivity contribution in [2.24, 2.45) is 0 Å². The van der Waals surface area contributed by atoms with Crippen LogP contribution in [0, 0.1) is 6.92 Å². The summed E-state index contributed by atoms with van der Waals surface area (Å²) in [5, 5.41) is 0. The first-order chi connectivity index (χ1) is 16.3. The van der Waals surface area contributed by atoms with Crippen molar-refractivity contribution in [3.8, 4) is 17.2 Å². The molecule has 2 aliphatic rings. The smallest absolute Gasteiger partial charge is 0.253 e. The largest absolute Gasteiger partial charge is 0.491 e. The van der Waals surface area contributed by atoms with Gasteiger partial charge >= 0.3 is 0 Å². The van der Waals surface area contributed by atoms with Crippen molar-refractivity contribution in [1.82, 2.24) is 9.47 Å². The second kappa shape index (κ2) is 8.35. The fraction of sp³-hybridized carbons (Fsp3) is 0.357. The molecular formula is C28H30N2O4. The molecular weight excluding hydrogens is 428 g/mol. The highest BCUT2D eigenvalue weighted by molar-refractivity contribution is 5.95. The van der Waals surface area contributed by atoms with Crippen molar-refractivity contribution in [2.45, 2.75) is 52.2 Å². The van der Waals surface area contributed by atoms with E-state index < -0.39 is 5.60 Å². The maximum atomic E-state index is 13.3. The van der Waals surface area contributed by atoms with E-state index in [-0.39, 0.29) is 17.8 Å². The van der Waals surface area contributed by atoms with Crippen molar-refractivity contribution >= 4 is 11.7 Å². The lowest BCUT2D eigenvalue weighted by Gasteiger charge is -2.45. The number of hydrogen-bond donors (Lipinski definition) is 0. The van der Waals surface area contributed by atoms with Crippen molar-refractivity contribution in [1.29, 1.82) is 0 Å². The molecule has 0 bridgehead atoms. The summed E-state index contributed by atoms with van der Waals surface area (Å²) < 4.78 is 14.4. The minimum Gasteiger partial charge on any atom is -0.491 e. The maximum absolute atomic E-state index is 13.3. The minimum atomic E-state index is -0.566. The van der Waals surface area contributed by atoms with E-state index in [1.54, 1.807) is 6.92 Å². The van der Waals surface area contributed by atoms with Gasteiger partial charge in [-0.25, -0.2) is 0 Å². The summed E-state index contributed by atoms with van der Waals surface area (Å²) in [6, 6.07) is 17.3. The molecule has 1 fully saturated rings. The molecule has 6 nitrogen and oxygen atoms in total. The molecule has 6 heteroatoms. The van der Waals surface area contributed by atoms with Crippen LogP contribution in [-0.4, -0.2) is 40.4 Å². The SMILES string of the molecule is CC(=O)c1ccc2n1-c1ccccc1OC21CCN(C(=O)c2ccc(OC(C)C)c(C)c2)CC1. The Labute approximate surface area is 200 Å². The molecule has 0 radical (unpaired) electrons. The first kappa shape index (κ1) is 22.3. The van der Waals surface area contributed by atoms with Crippen LogP contribution in [0.5, 0.6) is 11.5 Å². The third-order valence-corrected chi connectivity index (χ3v) is 6.76. The van der Waals surface area contributed by atoms with Crippen LogP contribution in [0.1, 0.15) is 65.7 Å². The summed E-state index contributed by atoms with van der Waals surface area (Å²) in [7, 11) is 0. The number of piperidine rings is 1. The highest BCUT2D eigenvalue weighted by Crippen LogP contribution is 2.46. The second-order valence-electron chi connectivity index (χ2n) is 9.50. The van der Waals surface area contributed by atoms with Crippen LogP contribution in [0.2, 0.25) is 0 Å². The number of carbonyl (C=O) groups is 2. The van der Waals surface area contributed by atoms with Crippen LogP contribution in [-0.2, 0) is 5.60 Å². The monoisotopic (exact) mass is 458 g/mol. The lowest BCUT2D eigenvalue weighted by Crippen LogP contribution is -2.50. The van der Waals surface area contributed by atoms with Crippen LogP contribution in [0.15, 0.2) is 54.6 Å². The van der Waals surface area contributed by atoms with Gasteiger partial charge in [-0.1, -0.05) is 12.1 Å². The van der Waals surface area contributed by atoms with Crippen molar-refractivity contribution in [3.05, 3.63) is 77.1 Å². The van der Waals surface area contributed by atoms with Crippen LogP contribution in [0.4, 0.5) is 0 Å². The number of likely N-dealkylation sites (tertiary alicyclic amines) is 1. The van der Waals surface area contributed by atoms with Crippen LogP contribution >= 0.6 is 0 Å². The number of Topliss-reactive ketones (excluding diaryl/α,β-unsaturated/α-hetero) is 1. The molecule has 0 N–H and O–H groups in total. The second-order valence-corrected chi connectivity index (χ2v) is 9.50. The summed E-state index contributed by atoms with van der Waals surface area (Å²) in [6.45, 7) is 8.69. The first-order valence-electron chi connectivity index (χ1n) is 11.9. The summed E-state index contributed by atoms with van der Waals surface area (Å²) in [5.41, 5.74) is 3.58. The van der Waals surface area contributed by atoms with E-state index in [1.807, 2.05) is 84.8 Å². The minimum absolute atomic E-state index is 0.0186. The first-order valence-corrected chi connectivity index (χ1v) is 11.9. The van der Waals surface area contributed by atoms with Crippen LogP contribution in [0.3, 0.4) is 0 Å². The topological polar surface area (TPSA) is 60.8 Å². The molecule has 176 valence electrons. The summed E-state index contributed by atoms with van der Waals surface area (Å²) >= 11 is 0. The number of aromatic nitrogens is 1. The standard InChI is InChI=1S/C28H30N2O4/c1-18(2)33-24-11-9-21(17-19(24)3)27(32)29-15-13-28(14-16-29)26-12-10-22(20(4)31)30(26)23-7-5-6-8-25(23)34-28/h5-12,17-18H,13-16H2,1-4H3. The van der Waals surface area contributed by atoms with E-state index in [9.17, 15) is 9.59 Å². The molecule has 2 aromatic carbocycles. The summed E-state index contributed by atoms with van der Waals surface area (Å²) in [5.74, 6) is 1.61. The number of ether oxygens (including phenoxy) is 2. The predicted octanol–water partition coefficient (Wildman–Crippen LogP) is 5.30. The molecule has 3 heterocycles. The van der Waals surface area contributed by atoms with Crippen LogP contribution in [0.25, 0.3) is 5.69 Å². The van der Waals surface area contributed by atoms with Gasteiger partial charge in [-0.05, 0) is 68.8 Å².